The molecule has 0 aromatic heterocycles. The molecule has 25 heavy (non-hydrogen) atoms. The summed E-state index contributed by atoms with van der Waals surface area (Å²) in [5, 5.41) is 10.3. The van der Waals surface area contributed by atoms with Crippen molar-refractivity contribution >= 4 is 5.78 Å². The summed E-state index contributed by atoms with van der Waals surface area (Å²) in [5.41, 5.74) is 2.86. The molecule has 0 radical (unpaired) electrons. The van der Waals surface area contributed by atoms with Gasteiger partial charge < -0.3 is 5.11 Å². The Morgan fingerprint density at radius 2 is 1.40 bits per heavy atom. The Morgan fingerprint density at radius 1 is 0.800 bits per heavy atom. The molecule has 1 atom stereocenters. The number of hydrogen-bond acceptors (Lipinski definition) is 2. The van der Waals surface area contributed by atoms with Gasteiger partial charge in [0, 0.05) is 23.1 Å². The molecule has 2 heteroatoms. The number of hydrogen-bond donors (Lipinski definition) is 1. The maximum absolute atomic E-state index is 12.6. The van der Waals surface area contributed by atoms with Gasteiger partial charge >= 0.3 is 0 Å². The summed E-state index contributed by atoms with van der Waals surface area (Å²) >= 11 is 0. The van der Waals surface area contributed by atoms with Gasteiger partial charge in [0.1, 0.15) is 0 Å². The highest BCUT2D eigenvalue weighted by atomic mass is 16.3. The molecule has 122 valence electrons. The minimum Gasteiger partial charge on any atom is -0.388 e. The normalized spacial score (nSPS) is 11.2. The number of rotatable bonds is 4. The Kier molecular flexibility index (Phi) is 5.41. The van der Waals surface area contributed by atoms with Crippen LogP contribution in [0.2, 0.25) is 0 Å². The van der Waals surface area contributed by atoms with E-state index in [1.807, 2.05) is 78.9 Å². The molecule has 3 aromatic carbocycles. The molecule has 0 spiro atoms. The molecule has 2 nitrogen and oxygen atoms in total. The highest BCUT2D eigenvalue weighted by Gasteiger charge is 2.16. The smallest absolute Gasteiger partial charge is 0.167 e. The van der Waals surface area contributed by atoms with Crippen molar-refractivity contribution in [3.8, 4) is 11.8 Å². The van der Waals surface area contributed by atoms with Gasteiger partial charge in [-0.25, -0.2) is 0 Å². The van der Waals surface area contributed by atoms with E-state index >= 15 is 0 Å². The van der Waals surface area contributed by atoms with Gasteiger partial charge in [-0.2, -0.15) is 0 Å². The fourth-order valence-corrected chi connectivity index (χ4v) is 2.57. The Labute approximate surface area is 147 Å². The molecule has 0 heterocycles. The highest BCUT2D eigenvalue weighted by Crippen LogP contribution is 2.20. The molecule has 0 saturated heterocycles. The van der Waals surface area contributed by atoms with Crippen LogP contribution in [0.1, 0.15) is 39.6 Å². The Morgan fingerprint density at radius 3 is 2.12 bits per heavy atom. The molecular formula is C23H18O2. The Hall–Kier alpha value is -3.15. The summed E-state index contributed by atoms with van der Waals surface area (Å²) in [7, 11) is 0. The molecule has 0 aliphatic heterocycles. The first-order valence-corrected chi connectivity index (χ1v) is 8.16. The van der Waals surface area contributed by atoms with Crippen molar-refractivity contribution in [3.63, 3.8) is 0 Å². The second-order valence-electron chi connectivity index (χ2n) is 5.72. The van der Waals surface area contributed by atoms with Crippen molar-refractivity contribution in [2.75, 3.05) is 0 Å². The Bertz CT molecular complexity index is 903. The quantitative estimate of drug-likeness (QED) is 0.570. The Balaban J connectivity index is 1.81. The van der Waals surface area contributed by atoms with Crippen molar-refractivity contribution in [1.29, 1.82) is 0 Å². The average Bonchev–Trinajstić information content (AvgIpc) is 2.68. The van der Waals surface area contributed by atoms with Crippen LogP contribution >= 0.6 is 0 Å². The summed E-state index contributed by atoms with van der Waals surface area (Å²) in [6, 6.07) is 26.1. The number of carbonyl (C=O) groups excluding carboxylic acids is 1. The summed E-state index contributed by atoms with van der Waals surface area (Å²) in [4.78, 5) is 12.6. The van der Waals surface area contributed by atoms with Crippen LogP contribution in [0.5, 0.6) is 0 Å². The maximum Gasteiger partial charge on any atom is 0.167 e. The van der Waals surface area contributed by atoms with Crippen LogP contribution < -0.4 is 0 Å². The lowest BCUT2D eigenvalue weighted by atomic mass is 9.97. The van der Waals surface area contributed by atoms with Crippen molar-refractivity contribution in [1.82, 2.24) is 0 Å². The van der Waals surface area contributed by atoms with Gasteiger partial charge in [-0.3, -0.25) is 4.79 Å². The second kappa shape index (κ2) is 8.10. The molecular weight excluding hydrogens is 308 g/mol. The third kappa shape index (κ3) is 4.44. The van der Waals surface area contributed by atoms with Gasteiger partial charge in [0.25, 0.3) is 0 Å². The zero-order chi connectivity index (χ0) is 17.5. The SMILES string of the molecule is O=C(CC(O)c1ccccc1)c1ccccc1C#Cc1ccccc1. The molecule has 0 aliphatic rings. The number of aliphatic hydroxyl groups is 1. The lowest BCUT2D eigenvalue weighted by Gasteiger charge is -2.11. The monoisotopic (exact) mass is 326 g/mol. The van der Waals surface area contributed by atoms with E-state index in [0.717, 1.165) is 11.1 Å². The summed E-state index contributed by atoms with van der Waals surface area (Å²) < 4.78 is 0. The van der Waals surface area contributed by atoms with Gasteiger partial charge in [-0.15, -0.1) is 0 Å². The van der Waals surface area contributed by atoms with Gasteiger partial charge in [-0.1, -0.05) is 78.6 Å². The van der Waals surface area contributed by atoms with E-state index in [9.17, 15) is 9.90 Å². The lowest BCUT2D eigenvalue weighted by molar-refractivity contribution is 0.0880. The van der Waals surface area contributed by atoms with Crippen molar-refractivity contribution in [2.45, 2.75) is 12.5 Å². The van der Waals surface area contributed by atoms with Gasteiger partial charge in [0.15, 0.2) is 5.78 Å². The summed E-state index contributed by atoms with van der Waals surface area (Å²) in [6.07, 6.45) is -0.780. The molecule has 0 fully saturated rings. The van der Waals surface area contributed by atoms with Crippen LogP contribution in [-0.2, 0) is 0 Å². The predicted molar refractivity (Wildman–Crippen MR) is 99.2 cm³/mol. The van der Waals surface area contributed by atoms with E-state index < -0.39 is 6.10 Å². The van der Waals surface area contributed by atoms with Crippen molar-refractivity contribution in [3.05, 3.63) is 107 Å². The second-order valence-corrected chi connectivity index (χ2v) is 5.72. The molecule has 3 rings (SSSR count). The third-order valence-electron chi connectivity index (χ3n) is 3.91. The van der Waals surface area contributed by atoms with E-state index in [2.05, 4.69) is 11.8 Å². The van der Waals surface area contributed by atoms with Crippen molar-refractivity contribution in [2.24, 2.45) is 0 Å². The zero-order valence-electron chi connectivity index (χ0n) is 13.7. The molecule has 0 bridgehead atoms. The average molecular weight is 326 g/mol. The molecule has 1 N–H and O–H groups in total. The summed E-state index contributed by atoms with van der Waals surface area (Å²) in [6.45, 7) is 0. The van der Waals surface area contributed by atoms with E-state index in [1.165, 1.54) is 0 Å². The van der Waals surface area contributed by atoms with E-state index in [0.29, 0.717) is 11.1 Å². The van der Waals surface area contributed by atoms with Gasteiger partial charge in [0.05, 0.1) is 6.10 Å². The lowest BCUT2D eigenvalue weighted by Crippen LogP contribution is -2.08. The topological polar surface area (TPSA) is 37.3 Å². The van der Waals surface area contributed by atoms with Crippen molar-refractivity contribution < 1.29 is 9.90 Å². The predicted octanol–water partition coefficient (Wildman–Crippen LogP) is 4.39. The number of carbonyl (C=O) groups is 1. The number of aliphatic hydroxyl groups excluding tert-OH is 1. The minimum absolute atomic E-state index is 0.0358. The number of benzene rings is 3. The fraction of sp³-hybridized carbons (Fsp3) is 0.0870. The molecule has 0 aliphatic carbocycles. The van der Waals surface area contributed by atoms with Gasteiger partial charge in [0.2, 0.25) is 0 Å². The first-order valence-electron chi connectivity index (χ1n) is 8.16. The first-order chi connectivity index (χ1) is 12.2. The zero-order valence-corrected chi connectivity index (χ0v) is 13.7. The standard InChI is InChI=1S/C23H18O2/c24-22(20-12-5-2-6-13-20)17-23(25)21-14-8-7-11-19(21)16-15-18-9-3-1-4-10-18/h1-14,22,24H,17H2. The number of Topliss-reactive ketones (excluding diaryl/α,β-unsaturated/α-hetero) is 1. The summed E-state index contributed by atoms with van der Waals surface area (Å²) in [5.74, 6) is 6.03. The highest BCUT2D eigenvalue weighted by molar-refractivity contribution is 5.98. The van der Waals surface area contributed by atoms with E-state index in [4.69, 9.17) is 0 Å². The van der Waals surface area contributed by atoms with Crippen LogP contribution in [0.3, 0.4) is 0 Å². The van der Waals surface area contributed by atoms with Crippen LogP contribution in [0.25, 0.3) is 0 Å². The third-order valence-corrected chi connectivity index (χ3v) is 3.91. The molecule has 0 amide bonds. The van der Waals surface area contributed by atoms with E-state index in [1.54, 1.807) is 6.07 Å². The van der Waals surface area contributed by atoms with Crippen LogP contribution in [0.4, 0.5) is 0 Å². The molecule has 3 aromatic rings. The maximum atomic E-state index is 12.6. The minimum atomic E-state index is -0.816. The van der Waals surface area contributed by atoms with Crippen LogP contribution in [-0.4, -0.2) is 10.9 Å². The van der Waals surface area contributed by atoms with Gasteiger partial charge in [-0.05, 0) is 23.8 Å². The largest absolute Gasteiger partial charge is 0.388 e. The van der Waals surface area contributed by atoms with E-state index in [-0.39, 0.29) is 12.2 Å². The molecule has 0 saturated carbocycles. The molecule has 1 unspecified atom stereocenters. The first kappa shape index (κ1) is 16.7. The number of ketones is 1. The van der Waals surface area contributed by atoms with Crippen LogP contribution in [0, 0.1) is 11.8 Å². The fourth-order valence-electron chi connectivity index (χ4n) is 2.57. The van der Waals surface area contributed by atoms with Crippen LogP contribution in [0.15, 0.2) is 84.9 Å².